The molecule has 2 unspecified atom stereocenters. The molecular weight excluding hydrogens is 1910 g/mol. The Hall–Kier alpha value is -14.4. The molecule has 54 heteroatoms. The van der Waals surface area contributed by atoms with E-state index in [9.17, 15) is 76.7 Å². The van der Waals surface area contributed by atoms with Gasteiger partial charge in [0.05, 0.1) is 39.4 Å². The van der Waals surface area contributed by atoms with E-state index >= 15 is 0 Å². The number of nitrogens with one attached hydrogen (secondary N) is 4. The van der Waals surface area contributed by atoms with E-state index < -0.39 is 60.7 Å². The van der Waals surface area contributed by atoms with Crippen molar-refractivity contribution in [1.29, 1.82) is 0 Å². The highest BCUT2D eigenvalue weighted by molar-refractivity contribution is 5.80. The van der Waals surface area contributed by atoms with Gasteiger partial charge in [-0.15, -0.1) is 23.7 Å². The first kappa shape index (κ1) is 113. The molecule has 0 amide bonds. The summed E-state index contributed by atoms with van der Waals surface area (Å²) in [5.41, 5.74) is 3.16. The van der Waals surface area contributed by atoms with Crippen molar-refractivity contribution < 1.29 is 121 Å². The SMILES string of the molecule is CC#CCn1c(N2CCNCC2)nc2nc(OC(C(=O)OC)c3ccccc3)n(C)c(=O)c21.CC#CCn1c(N2CCNCC2)nc2nc(OC(C)CC)n(C)c(=O)c21.CC#CCn1c(N2CCNCC2)nc2nc(OC3CCCC3)n(C)c(=O)c21.CC#CCn1c(N2CCNCC2)nc2nc(OC3CCCCC3)n(C)c(=O)c21.O=C(O)C(F)(F)F.O=C(O)C(F)(F)F.O=C(O)C(F)(F)F.O=C(O)C(F)(F)F. The Bertz CT molecular complexity index is 6270. The Kier molecular flexibility index (Phi) is 41.5. The van der Waals surface area contributed by atoms with Crippen molar-refractivity contribution in [3.05, 3.63) is 77.3 Å². The zero-order chi connectivity index (χ0) is 105. The number of fused-ring (bicyclic) bond motifs is 4. The van der Waals surface area contributed by atoms with Crippen molar-refractivity contribution in [1.82, 2.24) is 97.7 Å². The van der Waals surface area contributed by atoms with Crippen LogP contribution in [0.15, 0.2) is 49.5 Å². The number of ether oxygens (including phenoxy) is 5. The molecule has 4 aliphatic heterocycles. The number of hydrogen-bond donors (Lipinski definition) is 8. The number of benzene rings is 1. The highest BCUT2D eigenvalue weighted by Crippen LogP contribution is 2.32. The molecule has 774 valence electrons. The Morgan fingerprint density at radius 1 is 0.394 bits per heavy atom. The van der Waals surface area contributed by atoms with E-state index in [-0.39, 0.29) is 52.2 Å². The Morgan fingerprint density at radius 2 is 0.634 bits per heavy atom. The first-order valence-electron chi connectivity index (χ1n) is 44.6. The number of piperazine rings is 4. The fraction of sp³-hybridized carbons (Fsp3) is 0.557. The number of carbonyl (C=O) groups excluding carboxylic acids is 1. The minimum atomic E-state index is -5.08. The lowest BCUT2D eigenvalue weighted by atomic mass is 9.98. The first-order valence-corrected chi connectivity index (χ1v) is 44.6. The lowest BCUT2D eigenvalue weighted by Crippen LogP contribution is -2.44. The zero-order valence-electron chi connectivity index (χ0n) is 79.4. The maximum atomic E-state index is 13.4. The number of aliphatic carboxylic acids is 4. The molecule has 15 rings (SSSR count). The highest BCUT2D eigenvalue weighted by atomic mass is 19.4. The minimum absolute atomic E-state index is 0.0220. The van der Waals surface area contributed by atoms with Gasteiger partial charge in [-0.2, -0.15) is 92.6 Å². The van der Waals surface area contributed by atoms with Crippen molar-refractivity contribution in [3.63, 3.8) is 0 Å². The normalized spacial score (nSPS) is 15.4. The zero-order valence-corrected chi connectivity index (χ0v) is 79.4. The predicted molar refractivity (Wildman–Crippen MR) is 493 cm³/mol. The second kappa shape index (κ2) is 52.2. The maximum absolute atomic E-state index is 13.4. The summed E-state index contributed by atoms with van der Waals surface area (Å²) in [6.45, 7) is 26.2. The standard InChI is InChI=1S/C23H26N6O4.C20H28N6O2.C19H26N6O2.C18H26N6O2.4C2HF3O2/c1-4-5-13-29-17-19(25-22(29)28-14-11-24-12-15-28)26-23(27(2)20(17)30)33-18(21(31)32-3)16-9-7-6-8-10-16;1-3-4-12-26-16-17(22-19(26)25-13-10-21-11-14-25)23-20(24(2)18(16)27)28-15-8-6-5-7-9-15;1-3-4-11-25-15-16(21-18(25)24-12-9-20-10-13-24)22-19(23(2)17(15)26)27-14-7-5-6-8-14;1-5-7-10-24-14-15(20-17(24)23-11-8-19-9-12-23)21-18(22(4)16(14)25)26-13(3)6-2;4*3-2(4,5)1(6)7/h6-10,18,24H,11-15H2,1-3H3;15,21H,5-14H2,1-2H3;14,20H,5-13H2,1-2H3;13,19H,6,8-12H2,1-4H3;4*(H,6,7). The largest absolute Gasteiger partial charge is 0.490 e. The van der Waals surface area contributed by atoms with Crippen LogP contribution in [0, 0.1) is 47.4 Å². The number of carboxylic acids is 4. The minimum Gasteiger partial charge on any atom is -0.475 e. The van der Waals surface area contributed by atoms with Crippen LogP contribution in [0.2, 0.25) is 0 Å². The third-order valence-corrected chi connectivity index (χ3v) is 21.9. The van der Waals surface area contributed by atoms with Crippen LogP contribution in [0.5, 0.6) is 24.0 Å². The summed E-state index contributed by atoms with van der Waals surface area (Å²) in [5.74, 6) is 15.1. The number of anilines is 4. The number of nitrogens with zero attached hydrogens (tertiary/aromatic N) is 20. The molecule has 0 radical (unpaired) electrons. The summed E-state index contributed by atoms with van der Waals surface area (Å²) in [5, 5.41) is 41.8. The van der Waals surface area contributed by atoms with Gasteiger partial charge in [-0.25, -0.2) is 24.0 Å². The van der Waals surface area contributed by atoms with Crippen LogP contribution in [0.25, 0.3) is 44.7 Å². The van der Waals surface area contributed by atoms with E-state index in [0.29, 0.717) is 94.7 Å². The summed E-state index contributed by atoms with van der Waals surface area (Å²) in [7, 11) is 7.96. The maximum Gasteiger partial charge on any atom is 0.490 e. The van der Waals surface area contributed by atoms with Gasteiger partial charge in [0.1, 0.15) is 12.2 Å². The third-order valence-electron chi connectivity index (χ3n) is 21.9. The van der Waals surface area contributed by atoms with Crippen LogP contribution < -0.4 is 82.1 Å². The van der Waals surface area contributed by atoms with Crippen LogP contribution in [-0.2, 0) is 83.1 Å². The van der Waals surface area contributed by atoms with Crippen molar-refractivity contribution in [2.75, 3.05) is 131 Å². The summed E-state index contributed by atoms with van der Waals surface area (Å²) < 4.78 is 169. The van der Waals surface area contributed by atoms with Crippen LogP contribution in [-0.4, -0.2) is 282 Å². The van der Waals surface area contributed by atoms with Crippen molar-refractivity contribution in [2.24, 2.45) is 28.2 Å². The highest BCUT2D eigenvalue weighted by Gasteiger charge is 2.42. The van der Waals surface area contributed by atoms with E-state index in [1.54, 1.807) is 84.7 Å². The summed E-state index contributed by atoms with van der Waals surface area (Å²) in [6, 6.07) is 9.92. The van der Waals surface area contributed by atoms with Gasteiger partial charge < -0.3 is 85.0 Å². The quantitative estimate of drug-likeness (QED) is 0.0250. The van der Waals surface area contributed by atoms with Gasteiger partial charge in [0.2, 0.25) is 29.9 Å². The number of halogens is 12. The van der Waals surface area contributed by atoms with Crippen molar-refractivity contribution >= 4 is 98.3 Å². The lowest BCUT2D eigenvalue weighted by Gasteiger charge is -2.28. The number of esters is 1. The van der Waals surface area contributed by atoms with Gasteiger partial charge in [0.25, 0.3) is 22.2 Å². The van der Waals surface area contributed by atoms with Crippen LogP contribution >= 0.6 is 0 Å². The second-order valence-corrected chi connectivity index (χ2v) is 31.8. The number of carbonyl (C=O) groups is 5. The molecule has 0 bridgehead atoms. The van der Waals surface area contributed by atoms with E-state index in [1.165, 1.54) is 31.8 Å². The van der Waals surface area contributed by atoms with Crippen LogP contribution in [0.1, 0.15) is 117 Å². The molecule has 12 heterocycles. The number of alkyl halides is 12. The molecule has 2 saturated carbocycles. The molecule has 4 saturated heterocycles. The monoisotopic (exact) mass is 2020 g/mol. The first-order chi connectivity index (χ1) is 67.3. The number of aromatic nitrogens is 16. The van der Waals surface area contributed by atoms with Gasteiger partial charge in [-0.1, -0.05) is 67.4 Å². The molecule has 8 aromatic heterocycles. The van der Waals surface area contributed by atoms with E-state index in [2.05, 4.69) is 118 Å². The van der Waals surface area contributed by atoms with Crippen LogP contribution in [0.3, 0.4) is 0 Å². The molecule has 6 fully saturated rings. The molecule has 0 spiro atoms. The molecule has 2 atom stereocenters. The molecule has 2 aliphatic carbocycles. The molecule has 1 aromatic carbocycles. The Labute approximate surface area is 803 Å². The summed E-state index contributed by atoms with van der Waals surface area (Å²) in [4.78, 5) is 146. The van der Waals surface area contributed by atoms with Gasteiger partial charge in [0, 0.05) is 138 Å². The topological polar surface area (TPSA) is 484 Å². The van der Waals surface area contributed by atoms with E-state index in [0.717, 1.165) is 180 Å². The number of methoxy groups -OCH3 is 1. The van der Waals surface area contributed by atoms with E-state index in [1.807, 2.05) is 33.6 Å². The molecular formula is C88H110F12N24O18. The van der Waals surface area contributed by atoms with Gasteiger partial charge in [-0.05, 0) is 92.4 Å². The van der Waals surface area contributed by atoms with Crippen molar-refractivity contribution in [3.8, 4) is 71.4 Å². The average Bonchev–Trinajstić information content (AvgIpc) is 1.62. The summed E-state index contributed by atoms with van der Waals surface area (Å²) in [6.07, 6.45) is -10.4. The Balaban J connectivity index is 0.000000212. The molecule has 6 aliphatic rings. The second-order valence-electron chi connectivity index (χ2n) is 31.8. The number of imidazole rings is 4. The van der Waals surface area contributed by atoms with Crippen molar-refractivity contribution in [2.45, 2.75) is 181 Å². The van der Waals surface area contributed by atoms with Gasteiger partial charge in [0.15, 0.2) is 44.7 Å². The fourth-order valence-corrected chi connectivity index (χ4v) is 14.4. The predicted octanol–water partition coefficient (Wildman–Crippen LogP) is 6.29. The Morgan fingerprint density at radius 3 is 0.873 bits per heavy atom. The third kappa shape index (κ3) is 30.6. The van der Waals surface area contributed by atoms with Gasteiger partial charge >= 0.3 is 78.6 Å². The lowest BCUT2D eigenvalue weighted by molar-refractivity contribution is -0.193. The molecule has 8 N–H and O–H groups in total. The molecule has 142 heavy (non-hydrogen) atoms. The number of hydrogen-bond acceptors (Lipinski definition) is 30. The summed E-state index contributed by atoms with van der Waals surface area (Å²) >= 11 is 0. The smallest absolute Gasteiger partial charge is 0.475 e. The molecule has 9 aromatic rings. The van der Waals surface area contributed by atoms with Gasteiger partial charge in [-0.3, -0.25) is 55.7 Å². The molecule has 42 nitrogen and oxygen atoms in total. The average molecular weight is 2020 g/mol. The van der Waals surface area contributed by atoms with Crippen LogP contribution in [0.4, 0.5) is 76.5 Å². The van der Waals surface area contributed by atoms with E-state index in [4.69, 9.17) is 73.3 Å². The number of carboxylic acid groups (broad SMARTS) is 4. The fourth-order valence-electron chi connectivity index (χ4n) is 14.4. The number of rotatable bonds is 19.